The van der Waals surface area contributed by atoms with Gasteiger partial charge in [-0.15, -0.1) is 0 Å². The Morgan fingerprint density at radius 2 is 1.77 bits per heavy atom. The zero-order valence-corrected chi connectivity index (χ0v) is 17.0. The quantitative estimate of drug-likeness (QED) is 0.558. The molecule has 1 fully saturated rings. The lowest BCUT2D eigenvalue weighted by Crippen LogP contribution is -2.16. The van der Waals surface area contributed by atoms with Gasteiger partial charge in [0, 0.05) is 17.9 Å². The number of anilines is 1. The molecule has 3 aromatic rings. The summed E-state index contributed by atoms with van der Waals surface area (Å²) in [7, 11) is 0. The average Bonchev–Trinajstić information content (AvgIpc) is 3.28. The molecule has 0 saturated carbocycles. The highest BCUT2D eigenvalue weighted by Gasteiger charge is 2.16. The molecule has 0 unspecified atom stereocenters. The van der Waals surface area contributed by atoms with E-state index in [4.69, 9.17) is 14.2 Å². The van der Waals surface area contributed by atoms with E-state index in [-0.39, 0.29) is 12.0 Å². The van der Waals surface area contributed by atoms with Crippen molar-refractivity contribution in [2.45, 2.75) is 25.9 Å². The number of amides is 1. The van der Waals surface area contributed by atoms with Gasteiger partial charge in [0.2, 0.25) is 0 Å². The van der Waals surface area contributed by atoms with Crippen molar-refractivity contribution in [3.8, 4) is 17.2 Å². The lowest BCUT2D eigenvalue weighted by molar-refractivity contribution is 0.0679. The Labute approximate surface area is 176 Å². The van der Waals surface area contributed by atoms with Gasteiger partial charge in [-0.2, -0.15) is 0 Å². The normalized spacial score (nSPS) is 15.6. The van der Waals surface area contributed by atoms with E-state index in [1.165, 1.54) is 0 Å². The summed E-state index contributed by atoms with van der Waals surface area (Å²) in [5.41, 5.74) is 2.41. The van der Waals surface area contributed by atoms with Gasteiger partial charge >= 0.3 is 0 Å². The van der Waals surface area contributed by atoms with E-state index in [0.717, 1.165) is 36.5 Å². The van der Waals surface area contributed by atoms with Crippen LogP contribution in [0.3, 0.4) is 0 Å². The van der Waals surface area contributed by atoms with Crippen LogP contribution in [0.2, 0.25) is 0 Å². The molecule has 0 aromatic heterocycles. The molecule has 1 N–H and O–H groups in total. The minimum atomic E-state index is -0.173. The number of benzene rings is 3. The van der Waals surface area contributed by atoms with Crippen molar-refractivity contribution in [2.24, 2.45) is 0 Å². The minimum Gasteiger partial charge on any atom is -0.491 e. The zero-order chi connectivity index (χ0) is 20.8. The van der Waals surface area contributed by atoms with E-state index >= 15 is 0 Å². The Hall–Kier alpha value is -3.31. The molecule has 5 heteroatoms. The molecular formula is C25H25NO4. The van der Waals surface area contributed by atoms with Crippen molar-refractivity contribution < 1.29 is 19.0 Å². The summed E-state index contributed by atoms with van der Waals surface area (Å²) in [6.07, 6.45) is 2.30. The summed E-state index contributed by atoms with van der Waals surface area (Å²) in [5, 5.41) is 2.90. The zero-order valence-electron chi connectivity index (χ0n) is 17.0. The summed E-state index contributed by atoms with van der Waals surface area (Å²) in [5.74, 6) is 2.06. The largest absolute Gasteiger partial charge is 0.491 e. The molecule has 1 atom stereocenters. The molecule has 154 valence electrons. The van der Waals surface area contributed by atoms with Crippen molar-refractivity contribution in [3.63, 3.8) is 0 Å². The number of nitrogens with one attached hydrogen (secondary N) is 1. The third kappa shape index (κ3) is 5.39. The predicted molar refractivity (Wildman–Crippen MR) is 117 cm³/mol. The van der Waals surface area contributed by atoms with E-state index in [1.807, 2.05) is 67.6 Å². The molecule has 1 aliphatic heterocycles. The van der Waals surface area contributed by atoms with Crippen LogP contribution in [0.25, 0.3) is 0 Å². The lowest BCUT2D eigenvalue weighted by Gasteiger charge is -2.12. The topological polar surface area (TPSA) is 56.8 Å². The van der Waals surface area contributed by atoms with Crippen LogP contribution in [0, 0.1) is 6.92 Å². The first-order chi connectivity index (χ1) is 14.7. The number of rotatable bonds is 7. The molecular weight excluding hydrogens is 378 g/mol. The van der Waals surface area contributed by atoms with E-state index in [0.29, 0.717) is 23.6 Å². The van der Waals surface area contributed by atoms with Crippen molar-refractivity contribution in [2.75, 3.05) is 18.5 Å². The first kappa shape index (κ1) is 20.0. The summed E-state index contributed by atoms with van der Waals surface area (Å²) < 4.78 is 17.1. The van der Waals surface area contributed by atoms with Crippen molar-refractivity contribution in [1.29, 1.82) is 0 Å². The maximum atomic E-state index is 12.5. The SMILES string of the molecule is Cc1cccc(Oc2ccc(NC(=O)c3ccc(OC[C@@H]4CCCO4)cc3)cc2)c1. The van der Waals surface area contributed by atoms with Gasteiger partial charge in [-0.3, -0.25) is 4.79 Å². The molecule has 30 heavy (non-hydrogen) atoms. The van der Waals surface area contributed by atoms with E-state index in [1.54, 1.807) is 12.1 Å². The van der Waals surface area contributed by atoms with Gasteiger partial charge in [0.1, 0.15) is 23.9 Å². The number of hydrogen-bond donors (Lipinski definition) is 1. The van der Waals surface area contributed by atoms with Gasteiger partial charge in [-0.05, 0) is 86.0 Å². The second kappa shape index (κ2) is 9.46. The Balaban J connectivity index is 1.30. The van der Waals surface area contributed by atoms with Gasteiger partial charge in [-0.25, -0.2) is 0 Å². The molecule has 0 spiro atoms. The minimum absolute atomic E-state index is 0.172. The average molecular weight is 403 g/mol. The standard InChI is InChI=1S/C25H25NO4/c1-18-4-2-5-23(16-18)30-22-13-9-20(10-14-22)26-25(27)19-7-11-21(12-8-19)29-17-24-6-3-15-28-24/h2,4-5,7-14,16,24H,3,6,15,17H2,1H3,(H,26,27)/t24-/m0/s1. The molecule has 0 radical (unpaired) electrons. The van der Waals surface area contributed by atoms with Crippen molar-refractivity contribution in [1.82, 2.24) is 0 Å². The third-order valence-electron chi connectivity index (χ3n) is 4.91. The molecule has 5 nitrogen and oxygen atoms in total. The van der Waals surface area contributed by atoms with Crippen molar-refractivity contribution >= 4 is 11.6 Å². The molecule has 0 aliphatic carbocycles. The summed E-state index contributed by atoms with van der Waals surface area (Å²) in [6, 6.07) is 22.3. The third-order valence-corrected chi connectivity index (χ3v) is 4.91. The molecule has 0 bridgehead atoms. The predicted octanol–water partition coefficient (Wildman–Crippen LogP) is 5.60. The highest BCUT2D eigenvalue weighted by Crippen LogP contribution is 2.24. The van der Waals surface area contributed by atoms with Crippen molar-refractivity contribution in [3.05, 3.63) is 83.9 Å². The second-order valence-electron chi connectivity index (χ2n) is 7.37. The molecule has 1 heterocycles. The Morgan fingerprint density at radius 3 is 2.47 bits per heavy atom. The second-order valence-corrected chi connectivity index (χ2v) is 7.37. The highest BCUT2D eigenvalue weighted by atomic mass is 16.5. The van der Waals surface area contributed by atoms with Crippen LogP contribution < -0.4 is 14.8 Å². The molecule has 1 aliphatic rings. The van der Waals surface area contributed by atoms with E-state index < -0.39 is 0 Å². The lowest BCUT2D eigenvalue weighted by atomic mass is 10.2. The fraction of sp³-hybridized carbons (Fsp3) is 0.240. The Kier molecular flexibility index (Phi) is 6.30. The van der Waals surface area contributed by atoms with Crippen LogP contribution >= 0.6 is 0 Å². The van der Waals surface area contributed by atoms with Crippen LogP contribution in [0.4, 0.5) is 5.69 Å². The number of aryl methyl sites for hydroxylation is 1. The van der Waals surface area contributed by atoms with E-state index in [9.17, 15) is 4.79 Å². The molecule has 1 saturated heterocycles. The number of carbonyl (C=O) groups excluding carboxylic acids is 1. The first-order valence-electron chi connectivity index (χ1n) is 10.2. The maximum absolute atomic E-state index is 12.5. The van der Waals surface area contributed by atoms with Crippen LogP contribution in [0.5, 0.6) is 17.2 Å². The van der Waals surface area contributed by atoms with Crippen LogP contribution in [-0.4, -0.2) is 25.2 Å². The fourth-order valence-electron chi connectivity index (χ4n) is 3.29. The molecule has 3 aromatic carbocycles. The first-order valence-corrected chi connectivity index (χ1v) is 10.2. The van der Waals surface area contributed by atoms with Gasteiger partial charge in [0.25, 0.3) is 5.91 Å². The van der Waals surface area contributed by atoms with Crippen LogP contribution in [0.1, 0.15) is 28.8 Å². The maximum Gasteiger partial charge on any atom is 0.255 e. The van der Waals surface area contributed by atoms with Gasteiger partial charge in [0.15, 0.2) is 0 Å². The van der Waals surface area contributed by atoms with Gasteiger partial charge in [0.05, 0.1) is 6.10 Å². The fourth-order valence-corrected chi connectivity index (χ4v) is 3.29. The van der Waals surface area contributed by atoms with Gasteiger partial charge in [-0.1, -0.05) is 12.1 Å². The van der Waals surface area contributed by atoms with E-state index in [2.05, 4.69) is 5.32 Å². The van der Waals surface area contributed by atoms with Crippen LogP contribution in [0.15, 0.2) is 72.8 Å². The number of carbonyl (C=O) groups is 1. The molecule has 4 rings (SSSR count). The smallest absolute Gasteiger partial charge is 0.255 e. The summed E-state index contributed by atoms with van der Waals surface area (Å²) >= 11 is 0. The number of ether oxygens (including phenoxy) is 3. The Bertz CT molecular complexity index is 977. The number of hydrogen-bond acceptors (Lipinski definition) is 4. The highest BCUT2D eigenvalue weighted by molar-refractivity contribution is 6.04. The summed E-state index contributed by atoms with van der Waals surface area (Å²) in [6.45, 7) is 3.38. The monoisotopic (exact) mass is 403 g/mol. The summed E-state index contributed by atoms with van der Waals surface area (Å²) in [4.78, 5) is 12.5. The van der Waals surface area contributed by atoms with Crippen LogP contribution in [-0.2, 0) is 4.74 Å². The Morgan fingerprint density at radius 1 is 1.00 bits per heavy atom. The van der Waals surface area contributed by atoms with Gasteiger partial charge < -0.3 is 19.5 Å². The molecule has 1 amide bonds.